The number of hydrogen-bond acceptors (Lipinski definition) is 7. The van der Waals surface area contributed by atoms with Gasteiger partial charge in [-0.2, -0.15) is 0 Å². The third-order valence-corrected chi connectivity index (χ3v) is 4.92. The van der Waals surface area contributed by atoms with Gasteiger partial charge >= 0.3 is 11.7 Å². The number of benzene rings is 2. The number of aromatic amines is 1. The van der Waals surface area contributed by atoms with E-state index in [0.29, 0.717) is 11.3 Å². The number of para-hydroxylation sites is 1. The fourth-order valence-corrected chi connectivity index (χ4v) is 3.32. The number of aliphatic hydroxyl groups is 1. The van der Waals surface area contributed by atoms with Gasteiger partial charge in [-0.05, 0) is 24.3 Å². The highest BCUT2D eigenvalue weighted by Gasteiger charge is 2.36. The number of nitrogens with zero attached hydrogens (tertiary/aromatic N) is 1. The molecule has 1 aliphatic rings. The minimum Gasteiger partial charge on any atom is -0.459 e. The molecule has 4 rings (SSSR count). The minimum absolute atomic E-state index is 0.101. The lowest BCUT2D eigenvalue weighted by atomic mass is 10.2. The molecule has 160 valence electrons. The van der Waals surface area contributed by atoms with Crippen LogP contribution in [0.5, 0.6) is 0 Å². The molecule has 31 heavy (non-hydrogen) atoms. The number of ether oxygens (including phenoxy) is 2. The molecular formula is C22H21N3O6. The Morgan fingerprint density at radius 2 is 1.81 bits per heavy atom. The summed E-state index contributed by atoms with van der Waals surface area (Å²) in [6.45, 7) is -0.168. The van der Waals surface area contributed by atoms with E-state index in [4.69, 9.17) is 9.47 Å². The van der Waals surface area contributed by atoms with Crippen LogP contribution < -0.4 is 16.6 Å². The Kier molecular flexibility index (Phi) is 5.96. The average Bonchev–Trinajstić information content (AvgIpc) is 3.15. The third kappa shape index (κ3) is 4.73. The smallest absolute Gasteiger partial charge is 0.338 e. The molecule has 0 amide bonds. The number of rotatable bonds is 6. The molecule has 1 aliphatic heterocycles. The summed E-state index contributed by atoms with van der Waals surface area (Å²) in [6.07, 6.45) is -1.12. The lowest BCUT2D eigenvalue weighted by Crippen LogP contribution is -2.33. The number of carbonyl (C=O) groups is 1. The first kappa shape index (κ1) is 20.6. The van der Waals surface area contributed by atoms with Gasteiger partial charge in [0, 0.05) is 18.3 Å². The zero-order valence-corrected chi connectivity index (χ0v) is 16.4. The molecule has 2 aromatic carbocycles. The number of esters is 1. The molecule has 0 spiro atoms. The van der Waals surface area contributed by atoms with E-state index in [1.165, 1.54) is 10.8 Å². The maximum atomic E-state index is 12.3. The van der Waals surface area contributed by atoms with Gasteiger partial charge in [-0.15, -0.1) is 0 Å². The molecule has 0 bridgehead atoms. The highest BCUT2D eigenvalue weighted by molar-refractivity contribution is 5.89. The Morgan fingerprint density at radius 3 is 2.52 bits per heavy atom. The van der Waals surface area contributed by atoms with Gasteiger partial charge in [-0.25, -0.2) is 9.59 Å². The van der Waals surface area contributed by atoms with Crippen molar-refractivity contribution in [2.24, 2.45) is 0 Å². The van der Waals surface area contributed by atoms with Crippen LogP contribution >= 0.6 is 0 Å². The van der Waals surface area contributed by atoms with Crippen LogP contribution in [0.2, 0.25) is 0 Å². The molecule has 1 aromatic heterocycles. The van der Waals surface area contributed by atoms with Crippen LogP contribution in [0.1, 0.15) is 23.0 Å². The van der Waals surface area contributed by atoms with Gasteiger partial charge in [-0.1, -0.05) is 36.4 Å². The van der Waals surface area contributed by atoms with Crippen molar-refractivity contribution in [1.29, 1.82) is 0 Å². The summed E-state index contributed by atoms with van der Waals surface area (Å²) in [6, 6.07) is 17.5. The number of aliphatic hydroxyl groups excluding tert-OH is 1. The third-order valence-electron chi connectivity index (χ3n) is 4.92. The van der Waals surface area contributed by atoms with E-state index in [9.17, 15) is 19.5 Å². The summed E-state index contributed by atoms with van der Waals surface area (Å²) in [5, 5.41) is 13.3. The van der Waals surface area contributed by atoms with E-state index in [-0.39, 0.29) is 18.7 Å². The summed E-state index contributed by atoms with van der Waals surface area (Å²) in [5.74, 6) is -0.532. The number of H-pyrrole nitrogens is 1. The molecule has 3 unspecified atom stereocenters. The van der Waals surface area contributed by atoms with Gasteiger partial charge in [0.15, 0.2) is 0 Å². The van der Waals surface area contributed by atoms with Gasteiger partial charge in [0.05, 0.1) is 11.7 Å². The van der Waals surface area contributed by atoms with Crippen molar-refractivity contribution in [2.45, 2.75) is 24.9 Å². The van der Waals surface area contributed by atoms with Crippen molar-refractivity contribution < 1.29 is 19.4 Å². The number of aromatic nitrogens is 2. The van der Waals surface area contributed by atoms with Crippen molar-refractivity contribution in [3.8, 4) is 0 Å². The summed E-state index contributed by atoms with van der Waals surface area (Å²) in [7, 11) is 0. The van der Waals surface area contributed by atoms with Crippen molar-refractivity contribution in [1.82, 2.24) is 9.55 Å². The van der Waals surface area contributed by atoms with Gasteiger partial charge in [0.1, 0.15) is 24.6 Å². The standard InChI is InChI=1S/C22H21N3O6/c26-17-11-19(31-18(17)13-30-21(28)14-7-3-1-4-8-14)25-12-16(20(27)24-22(25)29)23-15-9-5-2-6-10-15/h1-10,12,17-19,23,26H,11,13H2,(H,24,27,29). The normalized spacial score (nSPS) is 20.4. The summed E-state index contributed by atoms with van der Waals surface area (Å²) >= 11 is 0. The number of hydrogen-bond donors (Lipinski definition) is 3. The topological polar surface area (TPSA) is 123 Å². The quantitative estimate of drug-likeness (QED) is 0.517. The van der Waals surface area contributed by atoms with Gasteiger partial charge in [-0.3, -0.25) is 14.3 Å². The molecule has 9 nitrogen and oxygen atoms in total. The van der Waals surface area contributed by atoms with Crippen LogP contribution in [0.15, 0.2) is 76.4 Å². The van der Waals surface area contributed by atoms with Gasteiger partial charge in [0.2, 0.25) is 0 Å². The fourth-order valence-electron chi connectivity index (χ4n) is 3.32. The molecule has 3 atom stereocenters. The van der Waals surface area contributed by atoms with Crippen LogP contribution in [0.25, 0.3) is 0 Å². The molecular weight excluding hydrogens is 402 g/mol. The number of nitrogens with one attached hydrogen (secondary N) is 2. The summed E-state index contributed by atoms with van der Waals surface area (Å²) < 4.78 is 12.2. The van der Waals surface area contributed by atoms with E-state index < -0.39 is 35.7 Å². The monoisotopic (exact) mass is 423 g/mol. The molecule has 0 radical (unpaired) electrons. The second-order valence-corrected chi connectivity index (χ2v) is 7.10. The van der Waals surface area contributed by atoms with Gasteiger partial charge in [0.25, 0.3) is 5.56 Å². The molecule has 0 saturated carbocycles. The van der Waals surface area contributed by atoms with Gasteiger partial charge < -0.3 is 19.9 Å². The SMILES string of the molecule is O=C(OCC1OC(n2cc(Nc3ccccc3)c(=O)[nH]c2=O)CC1O)c1ccccc1. The Labute approximate surface area is 176 Å². The van der Waals surface area contributed by atoms with Crippen molar-refractivity contribution >= 4 is 17.3 Å². The van der Waals surface area contributed by atoms with Crippen LogP contribution in [-0.4, -0.2) is 39.4 Å². The summed E-state index contributed by atoms with van der Waals surface area (Å²) in [4.78, 5) is 38.9. The van der Waals surface area contributed by atoms with E-state index in [1.807, 2.05) is 18.2 Å². The lowest BCUT2D eigenvalue weighted by Gasteiger charge is -2.17. The second kappa shape index (κ2) is 8.99. The number of carbonyl (C=O) groups excluding carboxylic acids is 1. The molecule has 3 aromatic rings. The van der Waals surface area contributed by atoms with E-state index in [0.717, 1.165) is 0 Å². The van der Waals surface area contributed by atoms with Crippen LogP contribution in [0, 0.1) is 0 Å². The van der Waals surface area contributed by atoms with Crippen molar-refractivity contribution in [3.63, 3.8) is 0 Å². The van der Waals surface area contributed by atoms with E-state index >= 15 is 0 Å². The zero-order chi connectivity index (χ0) is 21.8. The maximum Gasteiger partial charge on any atom is 0.338 e. The molecule has 9 heteroatoms. The molecule has 1 fully saturated rings. The highest BCUT2D eigenvalue weighted by Crippen LogP contribution is 2.28. The summed E-state index contributed by atoms with van der Waals surface area (Å²) in [5.41, 5.74) is -0.0149. The lowest BCUT2D eigenvalue weighted by molar-refractivity contribution is -0.0531. The number of anilines is 2. The van der Waals surface area contributed by atoms with Crippen LogP contribution in [0.4, 0.5) is 11.4 Å². The van der Waals surface area contributed by atoms with Crippen LogP contribution in [0.3, 0.4) is 0 Å². The molecule has 1 saturated heterocycles. The van der Waals surface area contributed by atoms with Crippen LogP contribution in [-0.2, 0) is 9.47 Å². The Balaban J connectivity index is 1.46. The van der Waals surface area contributed by atoms with E-state index in [2.05, 4.69) is 10.3 Å². The molecule has 3 N–H and O–H groups in total. The van der Waals surface area contributed by atoms with Crippen molar-refractivity contribution in [3.05, 3.63) is 93.3 Å². The largest absolute Gasteiger partial charge is 0.459 e. The minimum atomic E-state index is -0.946. The first-order chi connectivity index (χ1) is 15.0. The molecule has 0 aliphatic carbocycles. The first-order valence-electron chi connectivity index (χ1n) is 9.74. The fraction of sp³-hybridized carbons (Fsp3) is 0.227. The van der Waals surface area contributed by atoms with Crippen molar-refractivity contribution in [2.75, 3.05) is 11.9 Å². The Hall–Kier alpha value is -3.69. The zero-order valence-electron chi connectivity index (χ0n) is 16.4. The Bertz CT molecular complexity index is 1160. The Morgan fingerprint density at radius 1 is 1.13 bits per heavy atom. The maximum absolute atomic E-state index is 12.3. The highest BCUT2D eigenvalue weighted by atomic mass is 16.6. The first-order valence-corrected chi connectivity index (χ1v) is 9.74. The predicted octanol–water partition coefficient (Wildman–Crippen LogP) is 1.79. The van der Waals surface area contributed by atoms with E-state index in [1.54, 1.807) is 42.5 Å². The molecule has 2 heterocycles. The predicted molar refractivity (Wildman–Crippen MR) is 112 cm³/mol. The average molecular weight is 423 g/mol. The second-order valence-electron chi connectivity index (χ2n) is 7.10.